The number of thiophene rings is 1. The Balaban J connectivity index is 1.97. The first kappa shape index (κ1) is 12.8. The Kier molecular flexibility index (Phi) is 3.73. The minimum atomic E-state index is 0.558. The molecule has 3 aromatic heterocycles. The van der Waals surface area contributed by atoms with Gasteiger partial charge in [0.05, 0.1) is 11.6 Å². The molecule has 102 valence electrons. The van der Waals surface area contributed by atoms with Gasteiger partial charge in [0.25, 0.3) is 0 Å². The van der Waals surface area contributed by atoms with Gasteiger partial charge in [-0.05, 0) is 30.0 Å². The van der Waals surface area contributed by atoms with E-state index in [4.69, 9.17) is 4.74 Å². The van der Waals surface area contributed by atoms with Crippen LogP contribution in [0.15, 0.2) is 36.0 Å². The SMILES string of the molecule is CCCNc1nc(Oc2cccnc2)c2ccsc2n1. The van der Waals surface area contributed by atoms with Gasteiger partial charge in [-0.15, -0.1) is 11.3 Å². The average Bonchev–Trinajstić information content (AvgIpc) is 2.95. The van der Waals surface area contributed by atoms with Crippen LogP contribution >= 0.6 is 11.3 Å². The Labute approximate surface area is 120 Å². The van der Waals surface area contributed by atoms with Crippen LogP contribution in [0.3, 0.4) is 0 Å². The zero-order valence-electron chi connectivity index (χ0n) is 11.0. The van der Waals surface area contributed by atoms with E-state index < -0.39 is 0 Å². The van der Waals surface area contributed by atoms with Crippen molar-refractivity contribution in [2.75, 3.05) is 11.9 Å². The van der Waals surface area contributed by atoms with Crippen LogP contribution in [0, 0.1) is 0 Å². The maximum Gasteiger partial charge on any atom is 0.232 e. The van der Waals surface area contributed by atoms with Crippen LogP contribution in [0.5, 0.6) is 11.6 Å². The van der Waals surface area contributed by atoms with Crippen molar-refractivity contribution in [3.05, 3.63) is 36.0 Å². The van der Waals surface area contributed by atoms with Crippen LogP contribution in [0.1, 0.15) is 13.3 Å². The fourth-order valence-electron chi connectivity index (χ4n) is 1.74. The standard InChI is InChI=1S/C14H14N4OS/c1-2-6-16-14-17-12(11-5-8-20-13(11)18-14)19-10-4-3-7-15-9-10/h3-5,7-9H,2,6H2,1H3,(H,16,17,18). The normalized spacial score (nSPS) is 10.7. The summed E-state index contributed by atoms with van der Waals surface area (Å²) >= 11 is 1.57. The van der Waals surface area contributed by atoms with Crippen molar-refractivity contribution in [2.45, 2.75) is 13.3 Å². The van der Waals surface area contributed by atoms with Crippen molar-refractivity contribution < 1.29 is 4.74 Å². The fraction of sp³-hybridized carbons (Fsp3) is 0.214. The first-order chi connectivity index (χ1) is 9.86. The Morgan fingerprint density at radius 3 is 3.05 bits per heavy atom. The molecule has 0 aliphatic carbocycles. The van der Waals surface area contributed by atoms with Gasteiger partial charge in [-0.1, -0.05) is 6.92 Å². The molecule has 6 heteroatoms. The predicted octanol–water partition coefficient (Wildman–Crippen LogP) is 3.70. The molecule has 0 aromatic carbocycles. The van der Waals surface area contributed by atoms with Crippen molar-refractivity contribution in [1.29, 1.82) is 0 Å². The molecule has 0 saturated heterocycles. The number of fused-ring (bicyclic) bond motifs is 1. The molecule has 0 bridgehead atoms. The molecule has 0 amide bonds. The smallest absolute Gasteiger partial charge is 0.232 e. The topological polar surface area (TPSA) is 59.9 Å². The van der Waals surface area contributed by atoms with E-state index in [1.54, 1.807) is 23.7 Å². The minimum Gasteiger partial charge on any atom is -0.437 e. The molecule has 0 fully saturated rings. The van der Waals surface area contributed by atoms with Crippen LogP contribution in [0.4, 0.5) is 5.95 Å². The van der Waals surface area contributed by atoms with Crippen molar-refractivity contribution in [3.63, 3.8) is 0 Å². The second-order valence-electron chi connectivity index (χ2n) is 4.21. The van der Waals surface area contributed by atoms with E-state index in [1.807, 2.05) is 23.6 Å². The fourth-order valence-corrected chi connectivity index (χ4v) is 2.50. The largest absolute Gasteiger partial charge is 0.437 e. The minimum absolute atomic E-state index is 0.558. The first-order valence-corrected chi connectivity index (χ1v) is 7.32. The number of hydrogen-bond acceptors (Lipinski definition) is 6. The number of rotatable bonds is 5. The summed E-state index contributed by atoms with van der Waals surface area (Å²) in [6.45, 7) is 2.94. The summed E-state index contributed by atoms with van der Waals surface area (Å²) in [6.07, 6.45) is 4.39. The lowest BCUT2D eigenvalue weighted by Crippen LogP contribution is -2.04. The van der Waals surface area contributed by atoms with Gasteiger partial charge in [-0.3, -0.25) is 4.98 Å². The third kappa shape index (κ3) is 2.70. The third-order valence-corrected chi connectivity index (χ3v) is 3.48. The van der Waals surface area contributed by atoms with Crippen molar-refractivity contribution >= 4 is 27.5 Å². The molecule has 3 heterocycles. The molecule has 0 unspecified atom stereocenters. The Morgan fingerprint density at radius 2 is 2.25 bits per heavy atom. The van der Waals surface area contributed by atoms with Crippen LogP contribution in [-0.2, 0) is 0 Å². The molecular formula is C14H14N4OS. The van der Waals surface area contributed by atoms with Crippen molar-refractivity contribution in [2.24, 2.45) is 0 Å². The number of anilines is 1. The lowest BCUT2D eigenvalue weighted by Gasteiger charge is -2.08. The van der Waals surface area contributed by atoms with E-state index in [0.717, 1.165) is 23.2 Å². The molecule has 0 radical (unpaired) electrons. The molecule has 0 aliphatic rings. The second-order valence-corrected chi connectivity index (χ2v) is 5.10. The van der Waals surface area contributed by atoms with E-state index >= 15 is 0 Å². The highest BCUT2D eigenvalue weighted by Crippen LogP contribution is 2.31. The summed E-state index contributed by atoms with van der Waals surface area (Å²) in [4.78, 5) is 13.9. The lowest BCUT2D eigenvalue weighted by molar-refractivity contribution is 0.467. The summed E-state index contributed by atoms with van der Waals surface area (Å²) in [5, 5.41) is 6.09. The van der Waals surface area contributed by atoms with Gasteiger partial charge in [0.15, 0.2) is 0 Å². The Hall–Kier alpha value is -2.21. The Bertz CT molecular complexity index is 699. The molecule has 5 nitrogen and oxygen atoms in total. The van der Waals surface area contributed by atoms with E-state index in [9.17, 15) is 0 Å². The van der Waals surface area contributed by atoms with Crippen LogP contribution in [0.25, 0.3) is 10.2 Å². The second kappa shape index (κ2) is 5.83. The monoisotopic (exact) mass is 286 g/mol. The molecule has 0 saturated carbocycles. The predicted molar refractivity (Wildman–Crippen MR) is 80.5 cm³/mol. The van der Waals surface area contributed by atoms with E-state index in [1.165, 1.54) is 0 Å². The molecular weight excluding hydrogens is 272 g/mol. The summed E-state index contributed by atoms with van der Waals surface area (Å²) in [7, 11) is 0. The molecule has 3 aromatic rings. The summed E-state index contributed by atoms with van der Waals surface area (Å²) in [5.74, 6) is 1.82. The third-order valence-electron chi connectivity index (χ3n) is 2.67. The first-order valence-electron chi connectivity index (χ1n) is 6.44. The van der Waals surface area contributed by atoms with Gasteiger partial charge >= 0.3 is 0 Å². The average molecular weight is 286 g/mol. The highest BCUT2D eigenvalue weighted by molar-refractivity contribution is 7.16. The zero-order chi connectivity index (χ0) is 13.8. The zero-order valence-corrected chi connectivity index (χ0v) is 11.9. The van der Waals surface area contributed by atoms with Gasteiger partial charge in [0, 0.05) is 12.7 Å². The Morgan fingerprint density at radius 1 is 1.30 bits per heavy atom. The summed E-state index contributed by atoms with van der Waals surface area (Å²) in [5.41, 5.74) is 0. The van der Waals surface area contributed by atoms with E-state index in [2.05, 4.69) is 27.2 Å². The maximum absolute atomic E-state index is 5.82. The highest BCUT2D eigenvalue weighted by atomic mass is 32.1. The molecule has 1 N–H and O–H groups in total. The van der Waals surface area contributed by atoms with E-state index in [0.29, 0.717) is 17.6 Å². The lowest BCUT2D eigenvalue weighted by atomic mass is 10.4. The van der Waals surface area contributed by atoms with Crippen molar-refractivity contribution in [3.8, 4) is 11.6 Å². The van der Waals surface area contributed by atoms with E-state index in [-0.39, 0.29) is 0 Å². The molecule has 0 spiro atoms. The number of hydrogen-bond donors (Lipinski definition) is 1. The number of pyridine rings is 1. The number of aromatic nitrogens is 3. The van der Waals surface area contributed by atoms with Gasteiger partial charge in [0.1, 0.15) is 10.6 Å². The van der Waals surface area contributed by atoms with Crippen LogP contribution < -0.4 is 10.1 Å². The molecule has 0 atom stereocenters. The van der Waals surface area contributed by atoms with Gasteiger partial charge < -0.3 is 10.1 Å². The number of nitrogens with zero attached hydrogens (tertiary/aromatic N) is 3. The van der Waals surface area contributed by atoms with Crippen molar-refractivity contribution in [1.82, 2.24) is 15.0 Å². The summed E-state index contributed by atoms with van der Waals surface area (Å²) in [6, 6.07) is 5.65. The van der Waals surface area contributed by atoms with Gasteiger partial charge in [-0.2, -0.15) is 4.98 Å². The molecule has 0 aliphatic heterocycles. The maximum atomic E-state index is 5.82. The van der Waals surface area contributed by atoms with Gasteiger partial charge in [-0.25, -0.2) is 4.98 Å². The number of nitrogens with one attached hydrogen (secondary N) is 1. The van der Waals surface area contributed by atoms with Gasteiger partial charge in [0.2, 0.25) is 11.8 Å². The molecule has 20 heavy (non-hydrogen) atoms. The van der Waals surface area contributed by atoms with Crippen LogP contribution in [0.2, 0.25) is 0 Å². The summed E-state index contributed by atoms with van der Waals surface area (Å²) < 4.78 is 5.82. The quantitative estimate of drug-likeness (QED) is 0.775. The molecule has 3 rings (SSSR count). The number of ether oxygens (including phenoxy) is 1. The van der Waals surface area contributed by atoms with Crippen LogP contribution in [-0.4, -0.2) is 21.5 Å². The highest BCUT2D eigenvalue weighted by Gasteiger charge is 2.10.